The minimum absolute atomic E-state index is 0. The van der Waals surface area contributed by atoms with Gasteiger partial charge in [0.2, 0.25) is 0 Å². The molecule has 0 aromatic heterocycles. The Labute approximate surface area is 1140 Å². The molecule has 0 spiro atoms. The van der Waals surface area contributed by atoms with Crippen LogP contribution in [0.1, 0.15) is 499 Å². The summed E-state index contributed by atoms with van der Waals surface area (Å²) in [6.45, 7) is 173. The van der Waals surface area contributed by atoms with Crippen LogP contribution < -0.4 is 0 Å². The molecule has 0 N–H and O–H groups in total. The van der Waals surface area contributed by atoms with Gasteiger partial charge in [-0.15, -0.1) is 0 Å². The van der Waals surface area contributed by atoms with Crippen molar-refractivity contribution in [1.82, 2.24) is 0 Å². The fraction of sp³-hybridized carbons (Fsp3) is 1.00. The van der Waals surface area contributed by atoms with Gasteiger partial charge in [-0.2, -0.15) is 0 Å². The molecule has 920 valence electrons. The Bertz CT molecular complexity index is 1660. The van der Waals surface area contributed by atoms with Gasteiger partial charge in [-0.1, -0.05) is 0 Å². The monoisotopic (exact) mass is 3200 g/mol. The Morgan fingerprint density at radius 3 is 0.0746 bits per heavy atom. The van der Waals surface area contributed by atoms with Gasteiger partial charge in [0.05, 0.1) is 124 Å². The fourth-order valence-corrected chi connectivity index (χ4v) is 81.0. The first-order valence-electron chi connectivity index (χ1n) is 42.0. The maximum Gasteiger partial charge on any atom is 1.00 e. The maximum absolute atomic E-state index is 2.40. The van der Waals surface area contributed by atoms with Crippen LogP contribution in [0.2, 0.25) is 0 Å². The van der Waals surface area contributed by atoms with Gasteiger partial charge in [0.25, 0.3) is 0 Å². The van der Waals surface area contributed by atoms with Gasteiger partial charge in [-0.3, -0.25) is 0 Å². The summed E-state index contributed by atoms with van der Waals surface area (Å²) in [7, 11) is -3.13. The van der Waals surface area contributed by atoms with Crippen LogP contribution in [0.15, 0.2) is 0 Å². The molecule has 0 radical (unpaired) electrons. The van der Waals surface area contributed by atoms with Gasteiger partial charge in [-0.25, -0.2) is 0 Å². The van der Waals surface area contributed by atoms with Crippen molar-refractivity contribution in [1.29, 1.82) is 0 Å². The molecule has 0 saturated carbocycles. The Hall–Kier alpha value is 17.3. The van der Waals surface area contributed by atoms with E-state index in [1.54, 1.807) is 0 Å². The second-order valence-electron chi connectivity index (χ2n) is 57.0. The zero-order chi connectivity index (χ0) is 88.6. The summed E-state index contributed by atoms with van der Waals surface area (Å²) in [6.07, 6.45) is 0. The van der Waals surface area contributed by atoms with Crippen LogP contribution in [0.3, 0.4) is 0 Å². The molecule has 0 aliphatic heterocycles. The predicted octanol–water partition coefficient (Wildman–Crippen LogP) is 36.7. The smallest absolute Gasteiger partial charge is 1.00 e. The summed E-state index contributed by atoms with van der Waals surface area (Å²) in [5.74, 6) is 0. The normalized spacial score (nSPS) is 11.8. The van der Waals surface area contributed by atoms with Gasteiger partial charge in [0, 0.05) is 63.4 Å². The van der Waals surface area contributed by atoms with Crippen LogP contribution in [0.4, 0.5) is 0 Å². The maximum atomic E-state index is 2.40. The SMILES string of the molecule is CC(C)(C)[PH+](C(C)(C)C)C(C)(C)C.CC(C)(C)[PH+](C(C)(C)C)C(C)(C)C.CC(C)(C)[PH+](C(C)(C)C)C(C)(C)C.CC(C)(C)[PH+](C(C)(C)C)C(C)(C)C.CC(C)(C)[PH+](C(C)(C)C)C(C)(C)C.CC(C)(C)[PH+](C(C)(C)C)C(C)(C)C.CC(C)(C)[PH+](C(C)(C)C)C(C)(C)C.CC(C)(C)[PH+](C(C)(C)C)C(C)(C)C.[Cu+].[Cu+].[Cu+].[Cu+].[Cu+].[Cu+].[Cu+].[Cu+].[Cu+].[Cu+].[Cu+].[Cu+].[Cu+].[Cu+].[Cu+].[Cu+].[Cu+].[Cu+].[Cu+].[Cu+].[S-2].[S-2].[S-2].[S-2].[S-2].[S-2].[S-2].[S-2].[S-2].[S-2]. The quantitative estimate of drug-likeness (QED) is 0.168. The Morgan fingerprint density at radius 2 is 0.0746 bits per heavy atom. The van der Waals surface area contributed by atoms with Gasteiger partial charge in [0.1, 0.15) is 0 Å². The molecule has 0 heterocycles. The standard InChI is InChI=1S/8C12H27P.20Cu.10S/c8*1-10(2,3)13(11(4,5)6)12(7,8)9;;;;;;;;;;;;;;;;;;;;;;;;;;;;;;/h8*1-9H3;;;;;;;;;;;;;;;;;;;;;;;;;;;;;;/q;;;;;;;;20*+1;10*-2/p+8. The minimum Gasteiger partial charge on any atom is -2.00 e. The molecule has 0 atom stereocenters. The second kappa shape index (κ2) is 97.6. The zero-order valence-corrected chi connectivity index (χ0v) is 133. The van der Waals surface area contributed by atoms with Crippen LogP contribution in [-0.2, 0) is 476 Å². The molecule has 0 aliphatic carbocycles. The fourth-order valence-electron chi connectivity index (χ4n) is 27.0. The van der Waals surface area contributed by atoms with Crippen molar-refractivity contribution >= 4 is 198 Å². The van der Waals surface area contributed by atoms with Crippen molar-refractivity contribution in [3.05, 3.63) is 0 Å². The van der Waals surface area contributed by atoms with E-state index in [4.69, 9.17) is 0 Å². The number of rotatable bonds is 0. The molecule has 0 nitrogen and oxygen atoms in total. The van der Waals surface area contributed by atoms with Crippen molar-refractivity contribution < 1.29 is 341 Å². The molecule has 0 rings (SSSR count). The summed E-state index contributed by atoms with van der Waals surface area (Å²) < 4.78 is 0. The molecule has 0 aliphatic rings. The molecule has 0 fully saturated rings. The van der Waals surface area contributed by atoms with Crippen LogP contribution in [0, 0.1) is 0 Å². The van der Waals surface area contributed by atoms with Crippen molar-refractivity contribution in [2.45, 2.75) is 622 Å². The van der Waals surface area contributed by atoms with E-state index in [1.807, 2.05) is 0 Å². The molecule has 0 bridgehead atoms. The van der Waals surface area contributed by atoms with E-state index in [-0.39, 0.29) is 476 Å². The average Bonchev–Trinajstić information content (AvgIpc) is 3.03. The molecule has 0 saturated heterocycles. The molecular formula is C96H224Cu20P8S10+8. The van der Waals surface area contributed by atoms with E-state index in [9.17, 15) is 0 Å². The van der Waals surface area contributed by atoms with Crippen LogP contribution >= 0.6 is 63.4 Å². The average molecular weight is 3220 g/mol. The van der Waals surface area contributed by atoms with Crippen LogP contribution in [0.5, 0.6) is 0 Å². The molecular weight excluding hydrogens is 2990 g/mol. The first-order valence-corrected chi connectivity index (χ1v) is 54.0. The van der Waals surface area contributed by atoms with Gasteiger partial charge in [-0.05, 0) is 499 Å². The third kappa shape index (κ3) is 126. The van der Waals surface area contributed by atoms with E-state index in [0.717, 1.165) is 0 Å². The second-order valence-corrected chi connectivity index (χ2v) is 99.0. The molecule has 0 aromatic carbocycles. The van der Waals surface area contributed by atoms with Crippen LogP contribution in [-0.4, -0.2) is 124 Å². The largest absolute Gasteiger partial charge is 2.00 e. The van der Waals surface area contributed by atoms with Crippen LogP contribution in [0.25, 0.3) is 0 Å². The summed E-state index contributed by atoms with van der Waals surface area (Å²) in [6, 6.07) is 0. The summed E-state index contributed by atoms with van der Waals surface area (Å²) in [5, 5.41) is 11.7. The summed E-state index contributed by atoms with van der Waals surface area (Å²) in [4.78, 5) is 0. The van der Waals surface area contributed by atoms with Gasteiger partial charge in [0.15, 0.2) is 0 Å². The van der Waals surface area contributed by atoms with Crippen molar-refractivity contribution in [3.63, 3.8) is 0 Å². The Kier molecular flexibility index (Phi) is 194. The topological polar surface area (TPSA) is 0 Å². The molecule has 134 heavy (non-hydrogen) atoms. The van der Waals surface area contributed by atoms with Gasteiger partial charge >= 0.3 is 341 Å². The first-order chi connectivity index (χ1) is 42.9. The number of hydrogen-bond acceptors (Lipinski definition) is 0. The molecule has 0 unspecified atom stereocenters. The van der Waals surface area contributed by atoms with Crippen molar-refractivity contribution in [2.75, 3.05) is 0 Å². The first kappa shape index (κ1) is 266. The van der Waals surface area contributed by atoms with Crippen molar-refractivity contribution in [3.8, 4) is 0 Å². The molecule has 0 aromatic rings. The Morgan fingerprint density at radius 1 is 0.0597 bits per heavy atom. The predicted molar refractivity (Wildman–Crippen MR) is 614 cm³/mol. The van der Waals surface area contributed by atoms with E-state index < -0.39 is 63.4 Å². The minimum atomic E-state index is -0.391. The third-order valence-corrected chi connectivity index (χ3v) is 54.0. The summed E-state index contributed by atoms with van der Waals surface area (Å²) in [5.41, 5.74) is 0. The third-order valence-electron chi connectivity index (χ3n) is 18.0. The van der Waals surface area contributed by atoms with Gasteiger partial charge < -0.3 is 135 Å². The zero-order valence-electron chi connectivity index (χ0n) is 98.1. The summed E-state index contributed by atoms with van der Waals surface area (Å²) >= 11 is 0. The van der Waals surface area contributed by atoms with E-state index in [2.05, 4.69) is 499 Å². The molecule has 0 amide bonds. The van der Waals surface area contributed by atoms with E-state index in [0.29, 0.717) is 124 Å². The Balaban J connectivity index is -0.0000000212. The molecule has 38 heteroatoms. The van der Waals surface area contributed by atoms with E-state index in [1.165, 1.54) is 0 Å². The van der Waals surface area contributed by atoms with E-state index >= 15 is 0 Å². The number of hydrogen-bond donors (Lipinski definition) is 0. The van der Waals surface area contributed by atoms with Crippen molar-refractivity contribution in [2.24, 2.45) is 0 Å².